The van der Waals surface area contributed by atoms with Crippen molar-refractivity contribution in [1.82, 2.24) is 0 Å². The topological polar surface area (TPSA) is 35.2 Å². The van der Waals surface area contributed by atoms with Gasteiger partial charge < -0.3 is 10.5 Å². The Morgan fingerprint density at radius 2 is 1.58 bits per heavy atom. The molecule has 1 aromatic carbocycles. The van der Waals surface area contributed by atoms with E-state index in [2.05, 4.69) is 4.74 Å². The molecule has 0 aliphatic carbocycles. The Morgan fingerprint density at radius 3 is 2.00 bits per heavy atom. The standard InChI is InChI=1S/C10H8ClF6NO/c1-4-2-6(18)5(11)3-7(4)19-8(9(12,13)14)10(15,16)17/h2-3,8H,18H2,1H3. The monoisotopic (exact) mass is 307 g/mol. The van der Waals surface area contributed by atoms with Crippen LogP contribution in [0.4, 0.5) is 32.0 Å². The van der Waals surface area contributed by atoms with Gasteiger partial charge in [-0.15, -0.1) is 0 Å². The molecule has 0 radical (unpaired) electrons. The van der Waals surface area contributed by atoms with E-state index < -0.39 is 24.2 Å². The van der Waals surface area contributed by atoms with Crippen molar-refractivity contribution in [3.05, 3.63) is 22.7 Å². The fourth-order valence-electron chi connectivity index (χ4n) is 1.26. The summed E-state index contributed by atoms with van der Waals surface area (Å²) in [4.78, 5) is 0. The third kappa shape index (κ3) is 3.82. The highest BCUT2D eigenvalue weighted by atomic mass is 35.5. The van der Waals surface area contributed by atoms with E-state index in [1.54, 1.807) is 0 Å². The number of ether oxygens (including phenoxy) is 1. The van der Waals surface area contributed by atoms with Crippen molar-refractivity contribution in [2.45, 2.75) is 25.4 Å². The number of hydrogen-bond donors (Lipinski definition) is 1. The molecule has 2 N–H and O–H groups in total. The molecule has 0 unspecified atom stereocenters. The van der Waals surface area contributed by atoms with E-state index >= 15 is 0 Å². The molecule has 0 saturated carbocycles. The van der Waals surface area contributed by atoms with Gasteiger partial charge in [-0.05, 0) is 18.6 Å². The molecule has 1 aromatic rings. The van der Waals surface area contributed by atoms with Gasteiger partial charge in [0.2, 0.25) is 0 Å². The number of halogens is 7. The lowest BCUT2D eigenvalue weighted by molar-refractivity contribution is -0.299. The van der Waals surface area contributed by atoms with Crippen molar-refractivity contribution < 1.29 is 31.1 Å². The molecule has 0 saturated heterocycles. The van der Waals surface area contributed by atoms with E-state index in [9.17, 15) is 26.3 Å². The van der Waals surface area contributed by atoms with Crippen molar-refractivity contribution >= 4 is 17.3 Å². The highest BCUT2D eigenvalue weighted by molar-refractivity contribution is 6.33. The zero-order chi connectivity index (χ0) is 15.0. The number of benzene rings is 1. The average Bonchev–Trinajstić information content (AvgIpc) is 2.17. The molecular weight excluding hydrogens is 300 g/mol. The van der Waals surface area contributed by atoms with E-state index in [0.717, 1.165) is 12.1 Å². The predicted molar refractivity (Wildman–Crippen MR) is 57.1 cm³/mol. The molecule has 108 valence electrons. The van der Waals surface area contributed by atoms with Gasteiger partial charge >= 0.3 is 12.4 Å². The Hall–Kier alpha value is -1.31. The van der Waals surface area contributed by atoms with Crippen LogP contribution >= 0.6 is 11.6 Å². The average molecular weight is 308 g/mol. The first-order valence-corrected chi connectivity index (χ1v) is 5.16. The fourth-order valence-corrected chi connectivity index (χ4v) is 1.41. The second-order valence-electron chi connectivity index (χ2n) is 3.72. The minimum absolute atomic E-state index is 0.0143. The summed E-state index contributed by atoms with van der Waals surface area (Å²) < 4.78 is 77.9. The van der Waals surface area contributed by atoms with Crippen molar-refractivity contribution in [3.8, 4) is 5.75 Å². The minimum atomic E-state index is -5.58. The highest BCUT2D eigenvalue weighted by Gasteiger charge is 2.59. The summed E-state index contributed by atoms with van der Waals surface area (Å²) in [7, 11) is 0. The summed E-state index contributed by atoms with van der Waals surface area (Å²) in [5.41, 5.74) is 5.40. The van der Waals surface area contributed by atoms with Gasteiger partial charge in [0.1, 0.15) is 5.75 Å². The van der Waals surface area contributed by atoms with Gasteiger partial charge in [-0.1, -0.05) is 11.6 Å². The maximum Gasteiger partial charge on any atom is 0.434 e. The number of aryl methyl sites for hydroxylation is 1. The van der Waals surface area contributed by atoms with Gasteiger partial charge in [0.15, 0.2) is 0 Å². The maximum atomic E-state index is 12.3. The highest BCUT2D eigenvalue weighted by Crippen LogP contribution is 2.38. The van der Waals surface area contributed by atoms with Crippen LogP contribution in [0.15, 0.2) is 12.1 Å². The summed E-state index contributed by atoms with van der Waals surface area (Å²) in [5.74, 6) is -0.626. The number of rotatable bonds is 2. The van der Waals surface area contributed by atoms with Crippen LogP contribution in [-0.4, -0.2) is 18.5 Å². The maximum absolute atomic E-state index is 12.3. The van der Waals surface area contributed by atoms with Crippen LogP contribution in [0, 0.1) is 6.92 Å². The van der Waals surface area contributed by atoms with Gasteiger partial charge in [-0.3, -0.25) is 0 Å². The number of nitrogen functional groups attached to an aromatic ring is 1. The van der Waals surface area contributed by atoms with Crippen molar-refractivity contribution in [3.63, 3.8) is 0 Å². The van der Waals surface area contributed by atoms with Crippen molar-refractivity contribution in [1.29, 1.82) is 0 Å². The third-order valence-corrected chi connectivity index (χ3v) is 2.46. The zero-order valence-electron chi connectivity index (χ0n) is 9.36. The van der Waals surface area contributed by atoms with Gasteiger partial charge in [0.25, 0.3) is 6.10 Å². The largest absolute Gasteiger partial charge is 0.471 e. The summed E-state index contributed by atoms with van der Waals surface area (Å²) >= 11 is 5.53. The molecule has 0 aliphatic heterocycles. The van der Waals surface area contributed by atoms with Crippen LogP contribution in [0.1, 0.15) is 5.56 Å². The molecule has 0 heterocycles. The SMILES string of the molecule is Cc1cc(N)c(Cl)cc1OC(C(F)(F)F)C(F)(F)F. The lowest BCUT2D eigenvalue weighted by atomic mass is 10.2. The second kappa shape index (κ2) is 4.99. The summed E-state index contributed by atoms with van der Waals surface area (Å²) in [6.45, 7) is 1.26. The Labute approximate surface area is 109 Å². The van der Waals surface area contributed by atoms with Crippen LogP contribution in [-0.2, 0) is 0 Å². The number of anilines is 1. The van der Waals surface area contributed by atoms with Gasteiger partial charge in [-0.2, -0.15) is 26.3 Å². The lowest BCUT2D eigenvalue weighted by Gasteiger charge is -2.24. The van der Waals surface area contributed by atoms with E-state index in [-0.39, 0.29) is 16.3 Å². The van der Waals surface area contributed by atoms with E-state index in [1.807, 2.05) is 0 Å². The summed E-state index contributed by atoms with van der Waals surface area (Å²) in [6.07, 6.45) is -15.1. The first-order chi connectivity index (χ1) is 8.43. The van der Waals surface area contributed by atoms with Gasteiger partial charge in [0.05, 0.1) is 10.7 Å². The molecule has 0 amide bonds. The van der Waals surface area contributed by atoms with E-state index in [4.69, 9.17) is 17.3 Å². The Morgan fingerprint density at radius 1 is 1.11 bits per heavy atom. The first kappa shape index (κ1) is 15.7. The summed E-state index contributed by atoms with van der Waals surface area (Å²) in [6, 6.07) is 1.94. The molecule has 0 aromatic heterocycles. The van der Waals surface area contributed by atoms with Crippen LogP contribution in [0.25, 0.3) is 0 Å². The van der Waals surface area contributed by atoms with Crippen LogP contribution in [0.3, 0.4) is 0 Å². The fraction of sp³-hybridized carbons (Fsp3) is 0.400. The summed E-state index contributed by atoms with van der Waals surface area (Å²) in [5, 5.41) is -0.191. The van der Waals surface area contributed by atoms with Crippen LogP contribution in [0.5, 0.6) is 5.75 Å². The number of alkyl halides is 6. The van der Waals surface area contributed by atoms with Crippen molar-refractivity contribution in [2.24, 2.45) is 0 Å². The van der Waals surface area contributed by atoms with Gasteiger partial charge in [0, 0.05) is 6.07 Å². The molecule has 19 heavy (non-hydrogen) atoms. The zero-order valence-corrected chi connectivity index (χ0v) is 10.1. The number of hydrogen-bond acceptors (Lipinski definition) is 2. The smallest absolute Gasteiger partial charge is 0.434 e. The molecule has 0 aliphatic rings. The van der Waals surface area contributed by atoms with E-state index in [1.165, 1.54) is 6.92 Å². The quantitative estimate of drug-likeness (QED) is 0.659. The minimum Gasteiger partial charge on any atom is -0.471 e. The van der Waals surface area contributed by atoms with Crippen LogP contribution < -0.4 is 10.5 Å². The van der Waals surface area contributed by atoms with Crippen LogP contribution in [0.2, 0.25) is 5.02 Å². The number of nitrogens with two attached hydrogens (primary N) is 1. The molecule has 0 fully saturated rings. The second-order valence-corrected chi connectivity index (χ2v) is 4.13. The molecule has 0 spiro atoms. The Bertz CT molecular complexity index is 456. The molecule has 0 atom stereocenters. The lowest BCUT2D eigenvalue weighted by Crippen LogP contribution is -2.46. The molecule has 0 bridgehead atoms. The molecular formula is C10H8ClF6NO. The van der Waals surface area contributed by atoms with Crippen molar-refractivity contribution in [2.75, 3.05) is 5.73 Å². The third-order valence-electron chi connectivity index (χ3n) is 2.13. The van der Waals surface area contributed by atoms with Gasteiger partial charge in [-0.25, -0.2) is 0 Å². The van der Waals surface area contributed by atoms with E-state index in [0.29, 0.717) is 0 Å². The normalized spacial score (nSPS) is 12.9. The Balaban J connectivity index is 3.15. The predicted octanol–water partition coefficient (Wildman–Crippen LogP) is 4.10. The molecule has 1 rings (SSSR count). The molecule has 2 nitrogen and oxygen atoms in total. The Kier molecular flexibility index (Phi) is 4.14. The first-order valence-electron chi connectivity index (χ1n) is 4.78. The molecule has 9 heteroatoms.